The van der Waals surface area contributed by atoms with Gasteiger partial charge in [-0.3, -0.25) is 4.79 Å². The Hall–Kier alpha value is -1.33. The van der Waals surface area contributed by atoms with E-state index in [1.54, 1.807) is 6.08 Å². The van der Waals surface area contributed by atoms with Gasteiger partial charge in [-0.05, 0) is 32.1 Å². The summed E-state index contributed by atoms with van der Waals surface area (Å²) in [5.74, 6) is -0.183. The highest BCUT2D eigenvalue weighted by atomic mass is 16.7. The maximum absolute atomic E-state index is 13.0. The topological polar surface area (TPSA) is 149 Å². The molecule has 0 bridgehead atoms. The van der Waals surface area contributed by atoms with E-state index in [-0.39, 0.29) is 12.5 Å². The molecule has 0 aliphatic carbocycles. The van der Waals surface area contributed by atoms with E-state index < -0.39 is 49.5 Å². The Morgan fingerprint density at radius 1 is 0.516 bits per heavy atom. The van der Waals surface area contributed by atoms with Crippen LogP contribution in [-0.2, 0) is 14.3 Å². The lowest BCUT2D eigenvalue weighted by Gasteiger charge is -2.40. The number of ether oxygens (including phenoxy) is 2. The van der Waals surface area contributed by atoms with Crippen LogP contribution in [0.4, 0.5) is 0 Å². The average molecular weight is 908 g/mol. The highest BCUT2D eigenvalue weighted by Gasteiger charge is 2.44. The summed E-state index contributed by atoms with van der Waals surface area (Å²) in [6.07, 6.45) is 49.8. The summed E-state index contributed by atoms with van der Waals surface area (Å²) in [7, 11) is 0. The first-order chi connectivity index (χ1) is 31.3. The van der Waals surface area contributed by atoms with Crippen molar-refractivity contribution in [1.82, 2.24) is 5.32 Å². The third-order valence-electron chi connectivity index (χ3n) is 13.3. The number of carbonyl (C=O) groups excluding carboxylic acids is 1. The fraction of sp³-hybridized carbons (Fsp3) is 0.909. The summed E-state index contributed by atoms with van der Waals surface area (Å²) in [6.45, 7) is 3.75. The van der Waals surface area contributed by atoms with E-state index in [9.17, 15) is 30.3 Å². The molecule has 0 aromatic heterocycles. The predicted molar refractivity (Wildman–Crippen MR) is 267 cm³/mol. The Labute approximate surface area is 394 Å². The highest BCUT2D eigenvalue weighted by Crippen LogP contribution is 2.23. The van der Waals surface area contributed by atoms with Crippen molar-refractivity contribution in [2.45, 2.75) is 307 Å². The van der Waals surface area contributed by atoms with Crippen molar-refractivity contribution in [3.8, 4) is 0 Å². The van der Waals surface area contributed by atoms with Crippen LogP contribution in [0.3, 0.4) is 0 Å². The number of allylic oxidation sites excluding steroid dienone is 3. The second-order valence-electron chi connectivity index (χ2n) is 19.4. The van der Waals surface area contributed by atoms with E-state index in [1.165, 1.54) is 205 Å². The molecule has 9 heteroatoms. The zero-order valence-corrected chi connectivity index (χ0v) is 41.8. The minimum absolute atomic E-state index is 0.183. The van der Waals surface area contributed by atoms with Crippen molar-refractivity contribution >= 4 is 5.91 Å². The van der Waals surface area contributed by atoms with Gasteiger partial charge in [0.05, 0.1) is 25.4 Å². The molecule has 0 radical (unpaired) electrons. The van der Waals surface area contributed by atoms with Gasteiger partial charge < -0.3 is 40.3 Å². The van der Waals surface area contributed by atoms with Crippen LogP contribution in [0.1, 0.15) is 264 Å². The van der Waals surface area contributed by atoms with Crippen LogP contribution in [0.25, 0.3) is 0 Å². The summed E-state index contributed by atoms with van der Waals surface area (Å²) in [5.41, 5.74) is 0. The predicted octanol–water partition coefficient (Wildman–Crippen LogP) is 13.0. The minimum Gasteiger partial charge on any atom is -0.394 e. The van der Waals surface area contributed by atoms with Gasteiger partial charge >= 0.3 is 0 Å². The maximum atomic E-state index is 13.0. The second kappa shape index (κ2) is 45.5. The molecule has 378 valence electrons. The SMILES string of the molecule is CCCCCCC/C=C/CC/C=C/C(O)C(COC1OC(CO)C(O)C(O)C1O)NC(=O)CCCCCCCCCCCCCCCCCCCCCCCCCCCCCCCC. The molecule has 9 nitrogen and oxygen atoms in total. The van der Waals surface area contributed by atoms with Crippen LogP contribution >= 0.6 is 0 Å². The van der Waals surface area contributed by atoms with Crippen LogP contribution in [0.5, 0.6) is 0 Å². The molecule has 7 unspecified atom stereocenters. The van der Waals surface area contributed by atoms with Gasteiger partial charge in [-0.1, -0.05) is 250 Å². The van der Waals surface area contributed by atoms with Crippen LogP contribution in [0.15, 0.2) is 24.3 Å². The van der Waals surface area contributed by atoms with Crippen molar-refractivity contribution in [1.29, 1.82) is 0 Å². The number of hydrogen-bond donors (Lipinski definition) is 6. The molecule has 1 fully saturated rings. The number of carbonyl (C=O) groups is 1. The summed E-state index contributed by atoms with van der Waals surface area (Å²) < 4.78 is 11.2. The second-order valence-corrected chi connectivity index (χ2v) is 19.4. The third-order valence-corrected chi connectivity index (χ3v) is 13.3. The standard InChI is InChI=1S/C55H105NO8/c1-3-5-7-9-11-13-15-16-17-18-19-20-21-22-23-24-25-26-27-28-29-30-31-32-33-35-37-39-41-43-45-51(59)56-48(47-63-55-54(62)53(61)52(60)50(46-57)64-55)49(58)44-42-40-38-36-34-14-12-10-8-6-4-2/h34,36,42,44,48-50,52-55,57-58,60-62H,3-33,35,37-41,43,45-47H2,1-2H3,(H,56,59)/b36-34+,44-42+. The van der Waals surface area contributed by atoms with Crippen LogP contribution < -0.4 is 5.32 Å². The molecule has 1 heterocycles. The Kier molecular flexibility index (Phi) is 43.1. The minimum atomic E-state index is -1.57. The van der Waals surface area contributed by atoms with Crippen molar-refractivity contribution in [2.75, 3.05) is 13.2 Å². The molecule has 6 N–H and O–H groups in total. The van der Waals surface area contributed by atoms with E-state index in [2.05, 4.69) is 31.3 Å². The molecule has 0 saturated carbocycles. The largest absolute Gasteiger partial charge is 0.394 e. The fourth-order valence-electron chi connectivity index (χ4n) is 8.88. The van der Waals surface area contributed by atoms with Crippen molar-refractivity contribution in [3.63, 3.8) is 0 Å². The monoisotopic (exact) mass is 908 g/mol. The van der Waals surface area contributed by atoms with E-state index in [1.807, 2.05) is 6.08 Å². The molecule has 1 aliphatic rings. The Morgan fingerprint density at radius 2 is 0.891 bits per heavy atom. The molecule has 0 aromatic rings. The number of nitrogens with one attached hydrogen (secondary N) is 1. The Bertz CT molecular complexity index is 1060. The van der Waals surface area contributed by atoms with E-state index >= 15 is 0 Å². The molecule has 1 rings (SSSR count). The summed E-state index contributed by atoms with van der Waals surface area (Å²) in [6, 6.07) is -0.816. The number of aliphatic hydroxyl groups excluding tert-OH is 5. The molecule has 7 atom stereocenters. The number of hydrogen-bond acceptors (Lipinski definition) is 8. The first-order valence-electron chi connectivity index (χ1n) is 27.6. The van der Waals surface area contributed by atoms with Gasteiger partial charge in [0.25, 0.3) is 0 Å². The summed E-state index contributed by atoms with van der Waals surface area (Å²) in [4.78, 5) is 13.0. The first kappa shape index (κ1) is 60.7. The molecule has 0 aromatic carbocycles. The smallest absolute Gasteiger partial charge is 0.220 e. The zero-order chi connectivity index (χ0) is 46.6. The number of rotatable bonds is 47. The van der Waals surface area contributed by atoms with Gasteiger partial charge in [-0.15, -0.1) is 0 Å². The molecule has 64 heavy (non-hydrogen) atoms. The average Bonchev–Trinajstić information content (AvgIpc) is 3.29. The molecule has 0 spiro atoms. The van der Waals surface area contributed by atoms with Gasteiger partial charge in [0.2, 0.25) is 5.91 Å². The lowest BCUT2D eigenvalue weighted by Crippen LogP contribution is -2.60. The van der Waals surface area contributed by atoms with Crippen LogP contribution in [0.2, 0.25) is 0 Å². The van der Waals surface area contributed by atoms with E-state index in [0.29, 0.717) is 6.42 Å². The molecular formula is C55H105NO8. The normalized spacial score (nSPS) is 20.1. The maximum Gasteiger partial charge on any atom is 0.220 e. The third kappa shape index (κ3) is 34.9. The van der Waals surface area contributed by atoms with Gasteiger partial charge in [-0.2, -0.15) is 0 Å². The van der Waals surface area contributed by atoms with Gasteiger partial charge in [0.15, 0.2) is 6.29 Å². The summed E-state index contributed by atoms with van der Waals surface area (Å²) >= 11 is 0. The Morgan fingerprint density at radius 3 is 1.31 bits per heavy atom. The van der Waals surface area contributed by atoms with Crippen LogP contribution in [0, 0.1) is 0 Å². The van der Waals surface area contributed by atoms with Gasteiger partial charge in [0, 0.05) is 6.42 Å². The summed E-state index contributed by atoms with van der Waals surface area (Å²) in [5, 5.41) is 54.2. The van der Waals surface area contributed by atoms with Crippen molar-refractivity contribution in [2.24, 2.45) is 0 Å². The lowest BCUT2D eigenvalue weighted by molar-refractivity contribution is -0.302. The lowest BCUT2D eigenvalue weighted by atomic mass is 9.99. The molecule has 1 aliphatic heterocycles. The van der Waals surface area contributed by atoms with E-state index in [4.69, 9.17) is 9.47 Å². The first-order valence-corrected chi connectivity index (χ1v) is 27.6. The van der Waals surface area contributed by atoms with Gasteiger partial charge in [0.1, 0.15) is 24.4 Å². The fourth-order valence-corrected chi connectivity index (χ4v) is 8.88. The van der Waals surface area contributed by atoms with Gasteiger partial charge in [-0.25, -0.2) is 0 Å². The quantitative estimate of drug-likeness (QED) is 0.0261. The molecule has 1 saturated heterocycles. The Balaban J connectivity index is 2.12. The highest BCUT2D eigenvalue weighted by molar-refractivity contribution is 5.76. The van der Waals surface area contributed by atoms with E-state index in [0.717, 1.165) is 38.5 Å². The molecular weight excluding hydrogens is 803 g/mol. The molecule has 1 amide bonds. The number of amides is 1. The van der Waals surface area contributed by atoms with Crippen molar-refractivity contribution < 1.29 is 39.8 Å². The van der Waals surface area contributed by atoms with Crippen molar-refractivity contribution in [3.05, 3.63) is 24.3 Å². The zero-order valence-electron chi connectivity index (χ0n) is 41.8. The number of unbranched alkanes of at least 4 members (excludes halogenated alkanes) is 35. The van der Waals surface area contributed by atoms with Crippen LogP contribution in [-0.4, -0.2) is 87.5 Å². The number of aliphatic hydroxyl groups is 5.